The van der Waals surface area contributed by atoms with Gasteiger partial charge in [-0.1, -0.05) is 18.2 Å². The number of hydrogen-bond acceptors (Lipinski definition) is 2. The fraction of sp³-hybridized carbons (Fsp3) is 0. The van der Waals surface area contributed by atoms with E-state index >= 15 is 0 Å². The van der Waals surface area contributed by atoms with Gasteiger partial charge in [0.1, 0.15) is 0 Å². The van der Waals surface area contributed by atoms with E-state index in [-0.39, 0.29) is 0 Å². The first-order valence-corrected chi connectivity index (χ1v) is 5.62. The molecule has 0 aliphatic heterocycles. The Morgan fingerprint density at radius 1 is 1.00 bits per heavy atom. The third-order valence-electron chi connectivity index (χ3n) is 2.31. The summed E-state index contributed by atoms with van der Waals surface area (Å²) in [5.74, 6) is 0. The smallest absolute Gasteiger partial charge is 0.239 e. The zero-order valence-corrected chi connectivity index (χ0v) is 8.82. The van der Waals surface area contributed by atoms with Crippen LogP contribution in [-0.4, -0.2) is 4.98 Å². The molecular weight excluding hydrogens is 204 g/mol. The molecular formula is C12H9N2S+. The minimum absolute atomic E-state index is 1.07. The van der Waals surface area contributed by atoms with Crippen LogP contribution in [0.25, 0.3) is 16.0 Å². The first kappa shape index (κ1) is 8.56. The highest BCUT2D eigenvalue weighted by Crippen LogP contribution is 2.14. The first-order chi connectivity index (χ1) is 7.45. The second-order valence-electron chi connectivity index (χ2n) is 3.26. The second-order valence-corrected chi connectivity index (χ2v) is 4.09. The minimum Gasteiger partial charge on any atom is -0.239 e. The van der Waals surface area contributed by atoms with Gasteiger partial charge in [-0.25, -0.2) is 4.98 Å². The maximum atomic E-state index is 4.33. The zero-order valence-electron chi connectivity index (χ0n) is 8.00. The van der Waals surface area contributed by atoms with Crippen molar-refractivity contribution in [2.24, 2.45) is 0 Å². The van der Waals surface area contributed by atoms with Gasteiger partial charge in [-0.05, 0) is 17.4 Å². The highest BCUT2D eigenvalue weighted by Gasteiger charge is 2.13. The van der Waals surface area contributed by atoms with E-state index in [1.807, 2.05) is 30.5 Å². The van der Waals surface area contributed by atoms with E-state index in [0.717, 1.165) is 10.3 Å². The van der Waals surface area contributed by atoms with Gasteiger partial charge in [0.25, 0.3) is 0 Å². The summed E-state index contributed by atoms with van der Waals surface area (Å²) >= 11 is 1.66. The molecule has 0 saturated carbocycles. The lowest BCUT2D eigenvalue weighted by atomic mass is 10.3. The van der Waals surface area contributed by atoms with E-state index in [9.17, 15) is 0 Å². The highest BCUT2D eigenvalue weighted by atomic mass is 32.1. The van der Waals surface area contributed by atoms with Gasteiger partial charge in [0.15, 0.2) is 4.83 Å². The van der Waals surface area contributed by atoms with E-state index in [0.29, 0.717) is 0 Å². The second kappa shape index (κ2) is 3.44. The lowest BCUT2D eigenvalue weighted by molar-refractivity contribution is -0.562. The molecule has 15 heavy (non-hydrogen) atoms. The van der Waals surface area contributed by atoms with Gasteiger partial charge < -0.3 is 0 Å². The van der Waals surface area contributed by atoms with Gasteiger partial charge >= 0.3 is 0 Å². The molecule has 0 amide bonds. The molecule has 3 rings (SSSR count). The maximum Gasteiger partial charge on any atom is 0.248 e. The number of thiazole rings is 1. The van der Waals surface area contributed by atoms with E-state index < -0.39 is 0 Å². The van der Waals surface area contributed by atoms with Crippen LogP contribution in [0.3, 0.4) is 0 Å². The van der Waals surface area contributed by atoms with Gasteiger partial charge in [0.2, 0.25) is 16.7 Å². The molecule has 2 nitrogen and oxygen atoms in total. The van der Waals surface area contributed by atoms with Gasteiger partial charge in [0, 0.05) is 24.4 Å². The molecule has 0 radical (unpaired) electrons. The van der Waals surface area contributed by atoms with E-state index in [4.69, 9.17) is 0 Å². The van der Waals surface area contributed by atoms with Crippen LogP contribution in [0, 0.1) is 0 Å². The van der Waals surface area contributed by atoms with Crippen molar-refractivity contribution < 1.29 is 4.57 Å². The Morgan fingerprint density at radius 2 is 1.87 bits per heavy atom. The summed E-state index contributed by atoms with van der Waals surface area (Å²) in [4.78, 5) is 5.40. The minimum atomic E-state index is 1.07. The predicted molar refractivity (Wildman–Crippen MR) is 61.2 cm³/mol. The van der Waals surface area contributed by atoms with Crippen molar-refractivity contribution in [2.75, 3.05) is 0 Å². The molecule has 3 heteroatoms. The average Bonchev–Trinajstić information content (AvgIpc) is 2.74. The fourth-order valence-electron chi connectivity index (χ4n) is 1.60. The molecule has 0 N–H and O–H groups in total. The van der Waals surface area contributed by atoms with Crippen LogP contribution in [0.2, 0.25) is 0 Å². The van der Waals surface area contributed by atoms with Crippen molar-refractivity contribution in [1.29, 1.82) is 0 Å². The molecule has 0 fully saturated rings. The van der Waals surface area contributed by atoms with Gasteiger partial charge in [0.05, 0.1) is 0 Å². The predicted octanol–water partition coefficient (Wildman–Crippen LogP) is 2.57. The Balaban J connectivity index is 2.28. The number of nitrogens with zero attached hydrogens (tertiary/aromatic N) is 2. The number of rotatable bonds is 1. The van der Waals surface area contributed by atoms with Gasteiger partial charge in [-0.3, -0.25) is 0 Å². The summed E-state index contributed by atoms with van der Waals surface area (Å²) in [6, 6.07) is 14.4. The third-order valence-corrected chi connectivity index (χ3v) is 3.17. The number of pyridine rings is 1. The summed E-state index contributed by atoms with van der Waals surface area (Å²) in [6.45, 7) is 0. The fourth-order valence-corrected chi connectivity index (χ4v) is 2.45. The van der Waals surface area contributed by atoms with E-state index in [1.165, 1.54) is 5.69 Å². The summed E-state index contributed by atoms with van der Waals surface area (Å²) in [6.07, 6.45) is 1.83. The average molecular weight is 213 g/mol. The van der Waals surface area contributed by atoms with Crippen LogP contribution >= 0.6 is 11.3 Å². The largest absolute Gasteiger partial charge is 0.248 e. The van der Waals surface area contributed by atoms with Crippen LogP contribution in [0.15, 0.2) is 54.2 Å². The van der Waals surface area contributed by atoms with Crippen LogP contribution < -0.4 is 4.57 Å². The maximum absolute atomic E-state index is 4.33. The Morgan fingerprint density at radius 3 is 2.73 bits per heavy atom. The topological polar surface area (TPSA) is 16.8 Å². The Hall–Kier alpha value is -1.74. The summed E-state index contributed by atoms with van der Waals surface area (Å²) in [7, 11) is 0. The molecule has 0 atom stereocenters. The van der Waals surface area contributed by atoms with Crippen LogP contribution in [0.1, 0.15) is 0 Å². The van der Waals surface area contributed by atoms with Gasteiger partial charge in [-0.2, -0.15) is 0 Å². The molecule has 2 heterocycles. The van der Waals surface area contributed by atoms with Crippen molar-refractivity contribution in [3.05, 3.63) is 54.2 Å². The van der Waals surface area contributed by atoms with Crippen molar-refractivity contribution in [3.8, 4) is 5.69 Å². The number of fused-ring (bicyclic) bond motifs is 1. The zero-order chi connectivity index (χ0) is 10.1. The molecule has 0 spiro atoms. The van der Waals surface area contributed by atoms with Crippen molar-refractivity contribution in [1.82, 2.24) is 4.98 Å². The monoisotopic (exact) mass is 213 g/mol. The van der Waals surface area contributed by atoms with Crippen LogP contribution in [0.4, 0.5) is 0 Å². The van der Waals surface area contributed by atoms with Crippen molar-refractivity contribution in [3.63, 3.8) is 0 Å². The first-order valence-electron chi connectivity index (χ1n) is 4.74. The molecule has 2 aromatic heterocycles. The molecule has 3 aromatic rings. The summed E-state index contributed by atoms with van der Waals surface area (Å²) in [5.41, 5.74) is 4.43. The lowest BCUT2D eigenvalue weighted by Gasteiger charge is -1.91. The Bertz CT molecular complexity index is 587. The van der Waals surface area contributed by atoms with Crippen LogP contribution in [0.5, 0.6) is 0 Å². The molecule has 0 bridgehead atoms. The summed E-state index contributed by atoms with van der Waals surface area (Å²) < 4.78 is 2.16. The van der Waals surface area contributed by atoms with Gasteiger partial charge in [-0.15, -0.1) is 4.57 Å². The molecule has 0 unspecified atom stereocenters. The quantitative estimate of drug-likeness (QED) is 0.568. The summed E-state index contributed by atoms with van der Waals surface area (Å²) in [5, 5.41) is 0. The number of aromatic nitrogens is 2. The Kier molecular flexibility index (Phi) is 1.96. The molecule has 72 valence electrons. The number of para-hydroxylation sites is 1. The SMILES string of the molecule is c1ccc(-[n+]2csc3ncccc32)cc1. The third kappa shape index (κ3) is 1.41. The Labute approximate surface area is 91.5 Å². The molecule has 0 saturated heterocycles. The highest BCUT2D eigenvalue weighted by molar-refractivity contribution is 7.15. The lowest BCUT2D eigenvalue weighted by Crippen LogP contribution is -2.27. The number of hydrogen-bond donors (Lipinski definition) is 0. The van der Waals surface area contributed by atoms with Crippen molar-refractivity contribution in [2.45, 2.75) is 0 Å². The molecule has 0 aliphatic carbocycles. The van der Waals surface area contributed by atoms with E-state index in [1.54, 1.807) is 11.3 Å². The number of benzene rings is 1. The van der Waals surface area contributed by atoms with Crippen LogP contribution in [-0.2, 0) is 0 Å². The standard InChI is InChI=1S/C12H9N2S/c1-2-5-10(6-3-1)14-9-15-12-11(14)7-4-8-13-12/h1-9H/q+1. The van der Waals surface area contributed by atoms with Crippen molar-refractivity contribution >= 4 is 21.7 Å². The molecule has 1 aromatic carbocycles. The molecule has 0 aliphatic rings. The normalized spacial score (nSPS) is 10.7. The van der Waals surface area contributed by atoms with E-state index in [2.05, 4.69) is 33.3 Å².